The first-order valence-corrected chi connectivity index (χ1v) is 17.6. The topological polar surface area (TPSA) is 13.1 Å². The molecule has 11 aromatic rings. The standard InChI is InChI=1S/C50H30O/c1-2-13-31(14-3-1)36-28-30-45-50(48-35-18-7-5-16-33(35)26-29-44(48)51-45)49(36)47-42-21-10-8-19-40(42)46(41-20-9-11-22-43(41)47)39-24-12-23-37-34-17-6-4-15-32(34)25-27-38(37)39/h1-30H. The number of hydrogen-bond donors (Lipinski definition) is 0. The fourth-order valence-electron chi connectivity index (χ4n) is 8.69. The molecular weight excluding hydrogens is 617 g/mol. The van der Waals surface area contributed by atoms with E-state index >= 15 is 0 Å². The minimum atomic E-state index is 0.897. The summed E-state index contributed by atoms with van der Waals surface area (Å²) in [6.07, 6.45) is 0. The Kier molecular flexibility index (Phi) is 6.02. The Morgan fingerprint density at radius 2 is 0.784 bits per heavy atom. The van der Waals surface area contributed by atoms with Gasteiger partial charge in [0.25, 0.3) is 0 Å². The van der Waals surface area contributed by atoms with E-state index in [9.17, 15) is 0 Å². The third-order valence-electron chi connectivity index (χ3n) is 10.9. The molecule has 0 saturated heterocycles. The van der Waals surface area contributed by atoms with Crippen molar-refractivity contribution in [2.24, 2.45) is 0 Å². The van der Waals surface area contributed by atoms with Crippen molar-refractivity contribution in [2.75, 3.05) is 0 Å². The molecule has 0 bridgehead atoms. The summed E-state index contributed by atoms with van der Waals surface area (Å²) in [7, 11) is 0. The van der Waals surface area contributed by atoms with Gasteiger partial charge in [-0.1, -0.05) is 170 Å². The predicted molar refractivity (Wildman–Crippen MR) is 218 cm³/mol. The summed E-state index contributed by atoms with van der Waals surface area (Å²) >= 11 is 0. The Hall–Kier alpha value is -6.70. The second-order valence-corrected chi connectivity index (χ2v) is 13.5. The quantitative estimate of drug-likeness (QED) is 0.138. The molecule has 1 nitrogen and oxygen atoms in total. The molecular formula is C50H30O. The fourth-order valence-corrected chi connectivity index (χ4v) is 8.69. The summed E-state index contributed by atoms with van der Waals surface area (Å²) in [6.45, 7) is 0. The summed E-state index contributed by atoms with van der Waals surface area (Å²) in [5, 5.41) is 14.7. The van der Waals surface area contributed by atoms with Gasteiger partial charge in [-0.15, -0.1) is 0 Å². The van der Waals surface area contributed by atoms with Crippen molar-refractivity contribution in [3.63, 3.8) is 0 Å². The SMILES string of the molecule is c1ccc(-c2ccc3oc4ccc5ccccc5c4c3c2-c2c3ccccc3c(-c3cccc4c3ccc3ccccc34)c3ccccc23)cc1. The van der Waals surface area contributed by atoms with E-state index in [4.69, 9.17) is 4.42 Å². The first-order valence-electron chi connectivity index (χ1n) is 17.6. The van der Waals surface area contributed by atoms with Crippen molar-refractivity contribution in [2.45, 2.75) is 0 Å². The van der Waals surface area contributed by atoms with E-state index in [1.54, 1.807) is 0 Å². The predicted octanol–water partition coefficient (Wildman–Crippen LogP) is 14.4. The monoisotopic (exact) mass is 646 g/mol. The third-order valence-corrected chi connectivity index (χ3v) is 10.9. The molecule has 0 fully saturated rings. The molecule has 10 aromatic carbocycles. The maximum Gasteiger partial charge on any atom is 0.136 e. The van der Waals surface area contributed by atoms with Gasteiger partial charge in [0, 0.05) is 16.3 Å². The van der Waals surface area contributed by atoms with Crippen LogP contribution in [-0.4, -0.2) is 0 Å². The number of hydrogen-bond acceptors (Lipinski definition) is 1. The van der Waals surface area contributed by atoms with Crippen LogP contribution in [0.2, 0.25) is 0 Å². The largest absolute Gasteiger partial charge is 0.456 e. The van der Waals surface area contributed by atoms with Gasteiger partial charge in [-0.05, 0) is 93.8 Å². The van der Waals surface area contributed by atoms with Crippen LogP contribution in [-0.2, 0) is 0 Å². The van der Waals surface area contributed by atoms with Crippen LogP contribution in [0.25, 0.3) is 109 Å². The highest BCUT2D eigenvalue weighted by atomic mass is 16.3. The zero-order valence-electron chi connectivity index (χ0n) is 27.7. The molecule has 0 radical (unpaired) electrons. The molecule has 51 heavy (non-hydrogen) atoms. The molecule has 0 atom stereocenters. The fraction of sp³-hybridized carbons (Fsp3) is 0. The van der Waals surface area contributed by atoms with Gasteiger partial charge in [-0.25, -0.2) is 0 Å². The van der Waals surface area contributed by atoms with E-state index in [0.29, 0.717) is 0 Å². The number of rotatable bonds is 3. The Bertz CT molecular complexity index is 3130. The third kappa shape index (κ3) is 4.09. The Labute approximate surface area is 294 Å². The zero-order chi connectivity index (χ0) is 33.5. The van der Waals surface area contributed by atoms with Gasteiger partial charge in [0.1, 0.15) is 11.2 Å². The lowest BCUT2D eigenvalue weighted by Crippen LogP contribution is -1.94. The lowest BCUT2D eigenvalue weighted by molar-refractivity contribution is 0.669. The van der Waals surface area contributed by atoms with Gasteiger partial charge in [0.2, 0.25) is 0 Å². The lowest BCUT2D eigenvalue weighted by Gasteiger charge is -2.21. The minimum absolute atomic E-state index is 0.897. The summed E-state index contributed by atoms with van der Waals surface area (Å²) in [6, 6.07) is 66.3. The summed E-state index contributed by atoms with van der Waals surface area (Å²) in [4.78, 5) is 0. The molecule has 0 saturated carbocycles. The number of benzene rings is 10. The highest BCUT2D eigenvalue weighted by Crippen LogP contribution is 2.51. The minimum Gasteiger partial charge on any atom is -0.456 e. The molecule has 11 rings (SSSR count). The Balaban J connectivity index is 1.35. The molecule has 0 aliphatic rings. The van der Waals surface area contributed by atoms with Crippen molar-refractivity contribution in [3.8, 4) is 33.4 Å². The smallest absolute Gasteiger partial charge is 0.136 e. The molecule has 0 aliphatic carbocycles. The highest BCUT2D eigenvalue weighted by Gasteiger charge is 2.24. The van der Waals surface area contributed by atoms with Crippen LogP contribution in [0.15, 0.2) is 186 Å². The molecule has 1 heterocycles. The summed E-state index contributed by atoms with van der Waals surface area (Å²) in [5.74, 6) is 0. The molecule has 0 N–H and O–H groups in total. The van der Waals surface area contributed by atoms with Gasteiger partial charge in [0.15, 0.2) is 0 Å². The second kappa shape index (κ2) is 10.9. The van der Waals surface area contributed by atoms with Crippen molar-refractivity contribution >= 4 is 75.8 Å². The van der Waals surface area contributed by atoms with Gasteiger partial charge < -0.3 is 4.42 Å². The van der Waals surface area contributed by atoms with Crippen LogP contribution in [0.4, 0.5) is 0 Å². The van der Waals surface area contributed by atoms with Crippen molar-refractivity contribution in [3.05, 3.63) is 182 Å². The average molecular weight is 647 g/mol. The number of furan rings is 1. The van der Waals surface area contributed by atoms with E-state index in [1.807, 2.05) is 0 Å². The summed E-state index contributed by atoms with van der Waals surface area (Å²) in [5.41, 5.74) is 9.13. The highest BCUT2D eigenvalue weighted by molar-refractivity contribution is 6.31. The summed E-state index contributed by atoms with van der Waals surface area (Å²) < 4.78 is 6.71. The van der Waals surface area contributed by atoms with Crippen LogP contribution >= 0.6 is 0 Å². The van der Waals surface area contributed by atoms with Gasteiger partial charge in [0.05, 0.1) is 0 Å². The molecule has 0 unspecified atom stereocenters. The van der Waals surface area contributed by atoms with Gasteiger partial charge in [-0.2, -0.15) is 0 Å². The van der Waals surface area contributed by atoms with Crippen LogP contribution in [0, 0.1) is 0 Å². The normalized spacial score (nSPS) is 11.9. The van der Waals surface area contributed by atoms with Crippen molar-refractivity contribution in [1.82, 2.24) is 0 Å². The second-order valence-electron chi connectivity index (χ2n) is 13.5. The van der Waals surface area contributed by atoms with Crippen molar-refractivity contribution < 1.29 is 4.42 Å². The van der Waals surface area contributed by atoms with E-state index < -0.39 is 0 Å². The van der Waals surface area contributed by atoms with Crippen molar-refractivity contribution in [1.29, 1.82) is 0 Å². The van der Waals surface area contributed by atoms with Gasteiger partial charge >= 0.3 is 0 Å². The molecule has 1 heteroatoms. The number of fused-ring (bicyclic) bond motifs is 10. The van der Waals surface area contributed by atoms with E-state index in [1.165, 1.54) is 87.2 Å². The van der Waals surface area contributed by atoms with E-state index in [0.717, 1.165) is 21.9 Å². The maximum absolute atomic E-state index is 6.71. The van der Waals surface area contributed by atoms with Crippen LogP contribution < -0.4 is 0 Å². The van der Waals surface area contributed by atoms with Crippen LogP contribution in [0.5, 0.6) is 0 Å². The Morgan fingerprint density at radius 1 is 0.255 bits per heavy atom. The average Bonchev–Trinajstić information content (AvgIpc) is 3.59. The van der Waals surface area contributed by atoms with Crippen LogP contribution in [0.1, 0.15) is 0 Å². The van der Waals surface area contributed by atoms with Gasteiger partial charge in [-0.3, -0.25) is 0 Å². The molecule has 236 valence electrons. The van der Waals surface area contributed by atoms with Crippen LogP contribution in [0.3, 0.4) is 0 Å². The van der Waals surface area contributed by atoms with E-state index in [-0.39, 0.29) is 0 Å². The lowest BCUT2D eigenvalue weighted by atomic mass is 9.81. The molecule has 0 spiro atoms. The Morgan fingerprint density at radius 3 is 1.51 bits per heavy atom. The molecule has 0 aliphatic heterocycles. The first-order chi connectivity index (χ1) is 25.3. The zero-order valence-corrected chi connectivity index (χ0v) is 27.7. The first kappa shape index (κ1) is 28.2. The maximum atomic E-state index is 6.71. The molecule has 0 amide bonds. The van der Waals surface area contributed by atoms with E-state index in [2.05, 4.69) is 182 Å². The molecule has 1 aromatic heterocycles.